The molecule has 0 spiro atoms. The first kappa shape index (κ1) is 14.6. The molecule has 25 heavy (non-hydrogen) atoms. The Labute approximate surface area is 143 Å². The Morgan fingerprint density at radius 1 is 1.04 bits per heavy atom. The van der Waals surface area contributed by atoms with Crippen LogP contribution in [0, 0.1) is 5.82 Å². The van der Waals surface area contributed by atoms with Crippen LogP contribution in [0.2, 0.25) is 0 Å². The molecule has 4 heterocycles. The van der Waals surface area contributed by atoms with E-state index >= 15 is 0 Å². The van der Waals surface area contributed by atoms with Gasteiger partial charge in [0.1, 0.15) is 17.7 Å². The Balaban J connectivity index is 1.52. The molecule has 0 aliphatic carbocycles. The van der Waals surface area contributed by atoms with Gasteiger partial charge in [-0.05, 0) is 30.7 Å². The van der Waals surface area contributed by atoms with Crippen molar-refractivity contribution in [2.45, 2.75) is 12.6 Å². The van der Waals surface area contributed by atoms with E-state index in [1.165, 1.54) is 17.2 Å². The van der Waals surface area contributed by atoms with Crippen LogP contribution in [0.1, 0.15) is 6.42 Å². The summed E-state index contributed by atoms with van der Waals surface area (Å²) in [6, 6.07) is 6.83. The molecule has 2 aliphatic rings. The standard InChI is InChI=1S/C18H17F2N5/c19-13-10-24(11-13)14-2-3-16(20)17(7-14)25-9-12-6-15(23-4-1-5-23)8-21-18(12)22-25/h2-3,6-9,13H,1,4-5,10-11H2. The van der Waals surface area contributed by atoms with E-state index < -0.39 is 6.17 Å². The van der Waals surface area contributed by atoms with Gasteiger partial charge < -0.3 is 9.80 Å². The monoisotopic (exact) mass is 341 g/mol. The van der Waals surface area contributed by atoms with Gasteiger partial charge >= 0.3 is 0 Å². The first-order chi connectivity index (χ1) is 12.2. The van der Waals surface area contributed by atoms with Gasteiger partial charge in [-0.3, -0.25) is 0 Å². The Morgan fingerprint density at radius 3 is 2.60 bits per heavy atom. The summed E-state index contributed by atoms with van der Waals surface area (Å²) < 4.78 is 28.9. The van der Waals surface area contributed by atoms with Crippen molar-refractivity contribution in [2.24, 2.45) is 0 Å². The van der Waals surface area contributed by atoms with Crippen molar-refractivity contribution in [2.75, 3.05) is 36.0 Å². The molecule has 7 heteroatoms. The van der Waals surface area contributed by atoms with Crippen LogP contribution in [-0.4, -0.2) is 47.1 Å². The van der Waals surface area contributed by atoms with Crippen LogP contribution in [0.15, 0.2) is 36.7 Å². The molecule has 2 aromatic heterocycles. The molecule has 0 radical (unpaired) electrons. The maximum absolute atomic E-state index is 14.3. The first-order valence-corrected chi connectivity index (χ1v) is 8.47. The van der Waals surface area contributed by atoms with Gasteiger partial charge in [0, 0.05) is 30.4 Å². The zero-order valence-corrected chi connectivity index (χ0v) is 13.6. The number of fused-ring (bicyclic) bond motifs is 1. The highest BCUT2D eigenvalue weighted by molar-refractivity contribution is 5.79. The van der Waals surface area contributed by atoms with Crippen LogP contribution >= 0.6 is 0 Å². The minimum Gasteiger partial charge on any atom is -0.370 e. The van der Waals surface area contributed by atoms with Gasteiger partial charge in [0.15, 0.2) is 5.65 Å². The van der Waals surface area contributed by atoms with Crippen molar-refractivity contribution in [1.82, 2.24) is 14.8 Å². The van der Waals surface area contributed by atoms with Gasteiger partial charge in [-0.1, -0.05) is 0 Å². The van der Waals surface area contributed by atoms with Crippen molar-refractivity contribution in [3.63, 3.8) is 0 Å². The lowest BCUT2D eigenvalue weighted by Gasteiger charge is -2.36. The number of halogens is 2. The lowest BCUT2D eigenvalue weighted by atomic mass is 10.1. The maximum Gasteiger partial charge on any atom is 0.181 e. The van der Waals surface area contributed by atoms with Crippen molar-refractivity contribution >= 4 is 22.4 Å². The largest absolute Gasteiger partial charge is 0.370 e. The number of nitrogens with zero attached hydrogens (tertiary/aromatic N) is 5. The van der Waals surface area contributed by atoms with Gasteiger partial charge in [-0.15, -0.1) is 5.10 Å². The van der Waals surface area contributed by atoms with Gasteiger partial charge in [-0.25, -0.2) is 18.4 Å². The van der Waals surface area contributed by atoms with Gasteiger partial charge in [0.2, 0.25) is 0 Å². The highest BCUT2D eigenvalue weighted by Gasteiger charge is 2.27. The molecule has 0 atom stereocenters. The summed E-state index contributed by atoms with van der Waals surface area (Å²) in [4.78, 5) is 8.54. The molecule has 0 saturated carbocycles. The van der Waals surface area contributed by atoms with Crippen molar-refractivity contribution in [3.05, 3.63) is 42.5 Å². The SMILES string of the molecule is Fc1ccc(N2CC(F)C2)cc1-n1cc2cc(N3CCC3)cnc2n1. The van der Waals surface area contributed by atoms with Crippen LogP contribution in [0.5, 0.6) is 0 Å². The molecule has 3 aromatic rings. The van der Waals surface area contributed by atoms with Crippen molar-refractivity contribution in [3.8, 4) is 5.69 Å². The average molecular weight is 341 g/mol. The lowest BCUT2D eigenvalue weighted by molar-refractivity contribution is 0.275. The summed E-state index contributed by atoms with van der Waals surface area (Å²) in [5.41, 5.74) is 2.81. The molecule has 0 bridgehead atoms. The topological polar surface area (TPSA) is 37.2 Å². The zero-order valence-electron chi connectivity index (χ0n) is 13.6. The summed E-state index contributed by atoms with van der Waals surface area (Å²) in [5, 5.41) is 5.28. The van der Waals surface area contributed by atoms with E-state index in [4.69, 9.17) is 0 Å². The fraction of sp³-hybridized carbons (Fsp3) is 0.333. The predicted octanol–water partition coefficient (Wildman–Crippen LogP) is 2.93. The average Bonchev–Trinajstić information content (AvgIpc) is 2.94. The Hall–Kier alpha value is -2.70. The molecular formula is C18H17F2N5. The number of benzene rings is 1. The number of hydrogen-bond acceptors (Lipinski definition) is 4. The third kappa shape index (κ3) is 2.42. The molecule has 5 nitrogen and oxygen atoms in total. The van der Waals surface area contributed by atoms with E-state index in [9.17, 15) is 8.78 Å². The minimum absolute atomic E-state index is 0.350. The molecule has 1 aromatic carbocycles. The quantitative estimate of drug-likeness (QED) is 0.734. The highest BCUT2D eigenvalue weighted by Crippen LogP contribution is 2.28. The number of hydrogen-bond donors (Lipinski definition) is 0. The number of alkyl halides is 1. The zero-order chi connectivity index (χ0) is 17.0. The maximum atomic E-state index is 14.3. The molecule has 5 rings (SSSR count). The minimum atomic E-state index is -0.801. The van der Waals surface area contributed by atoms with Gasteiger partial charge in [-0.2, -0.15) is 0 Å². The number of aromatic nitrogens is 3. The van der Waals surface area contributed by atoms with Crippen LogP contribution in [0.3, 0.4) is 0 Å². The van der Waals surface area contributed by atoms with Crippen molar-refractivity contribution in [1.29, 1.82) is 0 Å². The smallest absolute Gasteiger partial charge is 0.181 e. The van der Waals surface area contributed by atoms with Crippen LogP contribution in [0.25, 0.3) is 16.7 Å². The van der Waals surface area contributed by atoms with E-state index in [-0.39, 0.29) is 5.82 Å². The van der Waals surface area contributed by atoms with Gasteiger partial charge in [0.05, 0.1) is 25.0 Å². The summed E-state index contributed by atoms with van der Waals surface area (Å²) >= 11 is 0. The van der Waals surface area contributed by atoms with E-state index in [1.807, 2.05) is 17.2 Å². The first-order valence-electron chi connectivity index (χ1n) is 8.47. The third-order valence-corrected chi connectivity index (χ3v) is 4.94. The van der Waals surface area contributed by atoms with Gasteiger partial charge in [0.25, 0.3) is 0 Å². The normalized spacial score (nSPS) is 17.7. The molecule has 2 saturated heterocycles. The molecule has 0 amide bonds. The van der Waals surface area contributed by atoms with Crippen molar-refractivity contribution < 1.29 is 8.78 Å². The fourth-order valence-corrected chi connectivity index (χ4v) is 3.28. The summed E-state index contributed by atoms with van der Waals surface area (Å²) in [7, 11) is 0. The third-order valence-electron chi connectivity index (χ3n) is 4.94. The Morgan fingerprint density at radius 2 is 1.88 bits per heavy atom. The second-order valence-corrected chi connectivity index (χ2v) is 6.66. The molecule has 0 unspecified atom stereocenters. The van der Waals surface area contributed by atoms with E-state index in [0.29, 0.717) is 24.4 Å². The Kier molecular flexibility index (Phi) is 3.16. The summed E-state index contributed by atoms with van der Waals surface area (Å²) in [6.07, 6.45) is 4.01. The number of pyridine rings is 1. The molecular weight excluding hydrogens is 324 g/mol. The molecule has 2 fully saturated rings. The number of anilines is 2. The molecule has 2 aliphatic heterocycles. The fourth-order valence-electron chi connectivity index (χ4n) is 3.28. The van der Waals surface area contributed by atoms with Crippen LogP contribution in [-0.2, 0) is 0 Å². The van der Waals surface area contributed by atoms with E-state index in [1.54, 1.807) is 18.3 Å². The molecule has 0 N–H and O–H groups in total. The summed E-state index contributed by atoms with van der Waals surface area (Å²) in [6.45, 7) is 2.80. The Bertz CT molecular complexity index is 944. The van der Waals surface area contributed by atoms with Crippen LogP contribution < -0.4 is 9.80 Å². The van der Waals surface area contributed by atoms with E-state index in [2.05, 4.69) is 15.0 Å². The lowest BCUT2D eigenvalue weighted by Crippen LogP contribution is -2.48. The molecule has 128 valence electrons. The van der Waals surface area contributed by atoms with Crippen LogP contribution in [0.4, 0.5) is 20.2 Å². The second-order valence-electron chi connectivity index (χ2n) is 6.66. The number of rotatable bonds is 3. The summed E-state index contributed by atoms with van der Waals surface area (Å²) in [5.74, 6) is -0.364. The highest BCUT2D eigenvalue weighted by atomic mass is 19.1. The second kappa shape index (κ2) is 5.40. The van der Waals surface area contributed by atoms with E-state index in [0.717, 1.165) is 29.9 Å². The predicted molar refractivity (Wildman–Crippen MR) is 92.8 cm³/mol.